The molecule has 6 nitrogen and oxygen atoms in total. The highest BCUT2D eigenvalue weighted by Gasteiger charge is 2.11. The zero-order valence-electron chi connectivity index (χ0n) is 12.1. The summed E-state index contributed by atoms with van der Waals surface area (Å²) in [5.41, 5.74) is -0.0898. The highest BCUT2D eigenvalue weighted by molar-refractivity contribution is 5.85. The molecule has 3 N–H and O–H groups in total. The highest BCUT2D eigenvalue weighted by Crippen LogP contribution is 1.97. The molecule has 0 aromatic heterocycles. The van der Waals surface area contributed by atoms with Crippen molar-refractivity contribution in [3.05, 3.63) is 0 Å². The molecule has 0 aromatic rings. The Kier molecular flexibility index (Phi) is 8.11. The quantitative estimate of drug-likeness (QED) is 0.359. The van der Waals surface area contributed by atoms with Gasteiger partial charge in [0.05, 0.1) is 6.61 Å². The zero-order chi connectivity index (χ0) is 14.0. The number of aliphatic imine (C=N–C) groups is 1. The summed E-state index contributed by atoms with van der Waals surface area (Å²) in [5.74, 6) is 0.532. The molecule has 0 rings (SSSR count). The van der Waals surface area contributed by atoms with Crippen molar-refractivity contribution < 1.29 is 9.53 Å². The molecular formula is C12H26N4O2. The van der Waals surface area contributed by atoms with Crippen molar-refractivity contribution in [3.8, 4) is 0 Å². The fraction of sp³-hybridized carbons (Fsp3) is 0.833. The number of carbonyl (C=O) groups is 1. The largest absolute Gasteiger partial charge is 0.383 e. The summed E-state index contributed by atoms with van der Waals surface area (Å²) in [6.07, 6.45) is 0. The van der Waals surface area contributed by atoms with Crippen molar-refractivity contribution in [1.29, 1.82) is 0 Å². The third-order valence-electron chi connectivity index (χ3n) is 1.85. The van der Waals surface area contributed by atoms with E-state index in [4.69, 9.17) is 4.74 Å². The Morgan fingerprint density at radius 1 is 1.28 bits per heavy atom. The van der Waals surface area contributed by atoms with Crippen LogP contribution in [0.2, 0.25) is 0 Å². The van der Waals surface area contributed by atoms with Gasteiger partial charge >= 0.3 is 0 Å². The molecule has 0 heterocycles. The summed E-state index contributed by atoms with van der Waals surface area (Å²) >= 11 is 0. The van der Waals surface area contributed by atoms with E-state index in [1.54, 1.807) is 7.11 Å². The van der Waals surface area contributed by atoms with Gasteiger partial charge in [0.2, 0.25) is 5.91 Å². The lowest BCUT2D eigenvalue weighted by atomic mass is 10.1. The van der Waals surface area contributed by atoms with E-state index in [0.717, 1.165) is 6.54 Å². The summed E-state index contributed by atoms with van der Waals surface area (Å²) in [7, 11) is 1.60. The van der Waals surface area contributed by atoms with Crippen molar-refractivity contribution in [1.82, 2.24) is 16.0 Å². The van der Waals surface area contributed by atoms with Gasteiger partial charge in [0, 0.05) is 25.7 Å². The fourth-order valence-corrected chi connectivity index (χ4v) is 1.16. The van der Waals surface area contributed by atoms with E-state index in [0.29, 0.717) is 19.1 Å². The van der Waals surface area contributed by atoms with E-state index in [2.05, 4.69) is 20.9 Å². The van der Waals surface area contributed by atoms with Crippen LogP contribution in [0.5, 0.6) is 0 Å². The number of carbonyl (C=O) groups excluding carboxylic acids is 1. The van der Waals surface area contributed by atoms with Crippen molar-refractivity contribution >= 4 is 11.9 Å². The second-order valence-corrected chi connectivity index (χ2v) is 4.91. The Morgan fingerprint density at radius 2 is 1.94 bits per heavy atom. The van der Waals surface area contributed by atoms with Crippen LogP contribution in [-0.4, -0.2) is 50.8 Å². The fourth-order valence-electron chi connectivity index (χ4n) is 1.16. The zero-order valence-corrected chi connectivity index (χ0v) is 12.1. The summed E-state index contributed by atoms with van der Waals surface area (Å²) in [5, 5.41) is 9.03. The maximum atomic E-state index is 11.5. The maximum Gasteiger partial charge on any atom is 0.241 e. The molecule has 1 amide bonds. The minimum atomic E-state index is -0.113. The van der Waals surface area contributed by atoms with E-state index < -0.39 is 0 Å². The van der Waals surface area contributed by atoms with Crippen LogP contribution in [0.3, 0.4) is 0 Å². The second-order valence-electron chi connectivity index (χ2n) is 4.91. The van der Waals surface area contributed by atoms with Crippen LogP contribution in [0.4, 0.5) is 0 Å². The number of ether oxygens (including phenoxy) is 1. The first kappa shape index (κ1) is 16.7. The molecule has 0 spiro atoms. The van der Waals surface area contributed by atoms with Gasteiger partial charge in [-0.2, -0.15) is 0 Å². The topological polar surface area (TPSA) is 74.8 Å². The smallest absolute Gasteiger partial charge is 0.241 e. The number of hydrogen-bond donors (Lipinski definition) is 3. The molecule has 6 heteroatoms. The van der Waals surface area contributed by atoms with Crippen molar-refractivity contribution in [2.24, 2.45) is 4.99 Å². The molecule has 106 valence electrons. The van der Waals surface area contributed by atoms with Crippen LogP contribution in [0.25, 0.3) is 0 Å². The van der Waals surface area contributed by atoms with E-state index in [1.165, 1.54) is 0 Å². The number of nitrogens with one attached hydrogen (secondary N) is 3. The second kappa shape index (κ2) is 8.74. The van der Waals surface area contributed by atoms with Crippen molar-refractivity contribution in [2.75, 3.05) is 33.4 Å². The van der Waals surface area contributed by atoms with E-state index >= 15 is 0 Å². The standard InChI is InChI=1S/C12H26N4O2/c1-6-13-11(16-12(2,3)4)15-9-10(17)14-7-8-18-5/h6-9H2,1-5H3,(H,14,17)(H2,13,15,16). The van der Waals surface area contributed by atoms with Crippen LogP contribution >= 0.6 is 0 Å². The van der Waals surface area contributed by atoms with Gasteiger partial charge in [0.1, 0.15) is 6.54 Å². The third-order valence-corrected chi connectivity index (χ3v) is 1.85. The Bertz CT molecular complexity index is 272. The Labute approximate surface area is 110 Å². The number of guanidine groups is 1. The Balaban J connectivity index is 4.18. The molecule has 0 aliphatic rings. The van der Waals surface area contributed by atoms with Crippen molar-refractivity contribution in [3.63, 3.8) is 0 Å². The van der Waals surface area contributed by atoms with Gasteiger partial charge in [-0.25, -0.2) is 4.99 Å². The van der Waals surface area contributed by atoms with Crippen LogP contribution in [0.15, 0.2) is 4.99 Å². The summed E-state index contributed by atoms with van der Waals surface area (Å²) in [6.45, 7) is 9.99. The molecule has 0 saturated carbocycles. The number of methoxy groups -OCH3 is 1. The van der Waals surface area contributed by atoms with Gasteiger partial charge in [-0.1, -0.05) is 0 Å². The van der Waals surface area contributed by atoms with Crippen LogP contribution in [0, 0.1) is 0 Å². The van der Waals surface area contributed by atoms with Gasteiger partial charge < -0.3 is 20.7 Å². The minimum absolute atomic E-state index is 0.0898. The highest BCUT2D eigenvalue weighted by atomic mass is 16.5. The first-order valence-electron chi connectivity index (χ1n) is 6.21. The van der Waals surface area contributed by atoms with E-state index in [-0.39, 0.29) is 18.0 Å². The molecular weight excluding hydrogens is 232 g/mol. The molecule has 0 radical (unpaired) electrons. The number of nitrogens with zero attached hydrogens (tertiary/aromatic N) is 1. The lowest BCUT2D eigenvalue weighted by Crippen LogP contribution is -2.48. The average molecular weight is 258 g/mol. The Morgan fingerprint density at radius 3 is 2.44 bits per heavy atom. The number of amides is 1. The average Bonchev–Trinajstić information content (AvgIpc) is 2.25. The van der Waals surface area contributed by atoms with Gasteiger partial charge in [-0.05, 0) is 27.7 Å². The van der Waals surface area contributed by atoms with Crippen molar-refractivity contribution in [2.45, 2.75) is 33.2 Å². The molecule has 0 bridgehead atoms. The van der Waals surface area contributed by atoms with Crippen LogP contribution in [0.1, 0.15) is 27.7 Å². The minimum Gasteiger partial charge on any atom is -0.383 e. The summed E-state index contributed by atoms with van der Waals surface area (Å²) in [4.78, 5) is 15.7. The summed E-state index contributed by atoms with van der Waals surface area (Å²) < 4.78 is 4.85. The monoisotopic (exact) mass is 258 g/mol. The molecule has 18 heavy (non-hydrogen) atoms. The molecule has 0 aliphatic heterocycles. The lowest BCUT2D eigenvalue weighted by molar-refractivity contribution is -0.119. The lowest BCUT2D eigenvalue weighted by Gasteiger charge is -2.23. The SMILES string of the molecule is CCNC(=NCC(=O)NCCOC)NC(C)(C)C. The van der Waals surface area contributed by atoms with Gasteiger partial charge in [0.15, 0.2) is 5.96 Å². The number of rotatable bonds is 6. The van der Waals surface area contributed by atoms with Crippen LogP contribution < -0.4 is 16.0 Å². The van der Waals surface area contributed by atoms with Crippen LogP contribution in [-0.2, 0) is 9.53 Å². The van der Waals surface area contributed by atoms with Gasteiger partial charge in [-0.15, -0.1) is 0 Å². The predicted octanol–water partition coefficient (Wildman–Crippen LogP) is 0.103. The van der Waals surface area contributed by atoms with E-state index in [1.807, 2.05) is 27.7 Å². The first-order valence-corrected chi connectivity index (χ1v) is 6.21. The predicted molar refractivity (Wildman–Crippen MR) is 73.8 cm³/mol. The molecule has 0 unspecified atom stereocenters. The van der Waals surface area contributed by atoms with Gasteiger partial charge in [0.25, 0.3) is 0 Å². The van der Waals surface area contributed by atoms with Gasteiger partial charge in [-0.3, -0.25) is 4.79 Å². The summed E-state index contributed by atoms with van der Waals surface area (Å²) in [6, 6.07) is 0. The van der Waals surface area contributed by atoms with E-state index in [9.17, 15) is 4.79 Å². The first-order chi connectivity index (χ1) is 8.39. The molecule has 0 aliphatic carbocycles. The molecule has 0 atom stereocenters. The molecule has 0 saturated heterocycles. The normalized spacial score (nSPS) is 12.2. The molecule has 0 fully saturated rings. The molecule has 0 aromatic carbocycles. The third kappa shape index (κ3) is 9.89. The number of hydrogen-bond acceptors (Lipinski definition) is 3. The Hall–Kier alpha value is -1.30. The maximum absolute atomic E-state index is 11.5.